The Morgan fingerprint density at radius 1 is 1.14 bits per heavy atom. The monoisotopic (exact) mass is 383 g/mol. The van der Waals surface area contributed by atoms with Crippen LogP contribution in [0.25, 0.3) is 0 Å². The third kappa shape index (κ3) is 4.91. The van der Waals surface area contributed by atoms with Gasteiger partial charge in [-0.2, -0.15) is 0 Å². The molecule has 0 spiro atoms. The molecule has 1 aliphatic rings. The number of benzene rings is 1. The summed E-state index contributed by atoms with van der Waals surface area (Å²) in [6.45, 7) is 8.03. The number of nitrogens with one attached hydrogen (secondary N) is 1. The van der Waals surface area contributed by atoms with Gasteiger partial charge in [0.15, 0.2) is 0 Å². The van der Waals surface area contributed by atoms with E-state index in [4.69, 9.17) is 4.74 Å². The van der Waals surface area contributed by atoms with Crippen molar-refractivity contribution < 1.29 is 9.53 Å². The number of para-hydroxylation sites is 2. The van der Waals surface area contributed by atoms with Crippen molar-refractivity contribution in [3.63, 3.8) is 0 Å². The van der Waals surface area contributed by atoms with Crippen molar-refractivity contribution in [2.45, 2.75) is 20.3 Å². The molecule has 0 bridgehead atoms. The van der Waals surface area contributed by atoms with E-state index in [1.54, 1.807) is 19.5 Å². The first kappa shape index (κ1) is 19.9. The zero-order valence-electron chi connectivity index (χ0n) is 16.9. The van der Waals surface area contributed by atoms with Crippen LogP contribution in [0.15, 0.2) is 36.7 Å². The number of aromatic nitrogens is 2. The maximum atomic E-state index is 12.8. The van der Waals surface area contributed by atoms with Crippen LogP contribution in [-0.4, -0.2) is 60.6 Å². The van der Waals surface area contributed by atoms with E-state index in [1.165, 1.54) is 0 Å². The number of anilines is 2. The van der Waals surface area contributed by atoms with Gasteiger partial charge in [-0.3, -0.25) is 4.79 Å². The molecule has 150 valence electrons. The summed E-state index contributed by atoms with van der Waals surface area (Å²) < 4.78 is 5.45. The third-order valence-electron chi connectivity index (χ3n) is 4.90. The lowest BCUT2D eigenvalue weighted by Gasteiger charge is -2.36. The highest BCUT2D eigenvalue weighted by molar-refractivity contribution is 5.93. The van der Waals surface area contributed by atoms with Gasteiger partial charge in [0.1, 0.15) is 5.75 Å². The van der Waals surface area contributed by atoms with E-state index >= 15 is 0 Å². The fourth-order valence-electron chi connectivity index (χ4n) is 3.23. The molecule has 0 radical (unpaired) electrons. The molecular formula is C21H29N5O2. The molecule has 0 saturated carbocycles. The second kappa shape index (κ2) is 9.39. The quantitative estimate of drug-likeness (QED) is 0.793. The van der Waals surface area contributed by atoms with Crippen LogP contribution in [0, 0.1) is 5.92 Å². The number of rotatable bonds is 7. The Kier molecular flexibility index (Phi) is 6.68. The lowest BCUT2D eigenvalue weighted by Crippen LogP contribution is -2.48. The van der Waals surface area contributed by atoms with E-state index in [0.717, 1.165) is 37.5 Å². The van der Waals surface area contributed by atoms with Crippen LogP contribution in [0.4, 0.5) is 11.6 Å². The lowest BCUT2D eigenvalue weighted by atomic mass is 10.1. The smallest absolute Gasteiger partial charge is 0.257 e. The molecule has 0 aliphatic carbocycles. The maximum Gasteiger partial charge on any atom is 0.257 e. The van der Waals surface area contributed by atoms with Crippen molar-refractivity contribution in [2.24, 2.45) is 5.92 Å². The van der Waals surface area contributed by atoms with Gasteiger partial charge in [-0.1, -0.05) is 26.0 Å². The van der Waals surface area contributed by atoms with E-state index in [1.807, 2.05) is 23.1 Å². The molecule has 7 nitrogen and oxygen atoms in total. The molecule has 3 rings (SSSR count). The van der Waals surface area contributed by atoms with E-state index in [9.17, 15) is 4.79 Å². The van der Waals surface area contributed by atoms with E-state index in [0.29, 0.717) is 30.5 Å². The molecule has 1 aromatic heterocycles. The molecule has 2 heterocycles. The molecule has 1 N–H and O–H groups in total. The van der Waals surface area contributed by atoms with Crippen molar-refractivity contribution in [1.82, 2.24) is 14.9 Å². The predicted molar refractivity (Wildman–Crippen MR) is 111 cm³/mol. The second-order valence-electron chi connectivity index (χ2n) is 7.36. The lowest BCUT2D eigenvalue weighted by molar-refractivity contribution is 0.0746. The molecule has 28 heavy (non-hydrogen) atoms. The number of ether oxygens (including phenoxy) is 1. The number of methoxy groups -OCH3 is 1. The Morgan fingerprint density at radius 3 is 2.46 bits per heavy atom. The number of piperazine rings is 1. The molecule has 1 aliphatic heterocycles. The van der Waals surface area contributed by atoms with Gasteiger partial charge in [0.2, 0.25) is 5.95 Å². The SMILES string of the molecule is COc1ccccc1N1CCN(C(=O)c2cnc(NCCC(C)C)nc2)CC1. The van der Waals surface area contributed by atoms with Gasteiger partial charge >= 0.3 is 0 Å². The summed E-state index contributed by atoms with van der Waals surface area (Å²) in [6, 6.07) is 7.98. The normalized spacial score (nSPS) is 14.3. The van der Waals surface area contributed by atoms with Crippen molar-refractivity contribution in [1.29, 1.82) is 0 Å². The molecule has 0 unspecified atom stereocenters. The average Bonchev–Trinajstić information content (AvgIpc) is 2.73. The number of hydrogen-bond donors (Lipinski definition) is 1. The summed E-state index contributed by atoms with van der Waals surface area (Å²) in [4.78, 5) is 25.4. The minimum absolute atomic E-state index is 0.0200. The summed E-state index contributed by atoms with van der Waals surface area (Å²) in [6.07, 6.45) is 4.28. The van der Waals surface area contributed by atoms with Gasteiger partial charge in [-0.25, -0.2) is 9.97 Å². The summed E-state index contributed by atoms with van der Waals surface area (Å²) in [5.41, 5.74) is 1.59. The first-order valence-corrected chi connectivity index (χ1v) is 9.81. The number of hydrogen-bond acceptors (Lipinski definition) is 6. The first-order valence-electron chi connectivity index (χ1n) is 9.81. The van der Waals surface area contributed by atoms with E-state index < -0.39 is 0 Å². The number of carbonyl (C=O) groups is 1. The molecule has 1 aromatic carbocycles. The minimum Gasteiger partial charge on any atom is -0.495 e. The van der Waals surface area contributed by atoms with Gasteiger partial charge in [0, 0.05) is 45.1 Å². The zero-order chi connectivity index (χ0) is 19.9. The summed E-state index contributed by atoms with van der Waals surface area (Å²) in [7, 11) is 1.68. The van der Waals surface area contributed by atoms with E-state index in [-0.39, 0.29) is 5.91 Å². The zero-order valence-corrected chi connectivity index (χ0v) is 16.9. The van der Waals surface area contributed by atoms with Crippen LogP contribution < -0.4 is 15.0 Å². The third-order valence-corrected chi connectivity index (χ3v) is 4.90. The Morgan fingerprint density at radius 2 is 1.82 bits per heavy atom. The molecule has 1 saturated heterocycles. The standard InChI is InChI=1S/C21H29N5O2/c1-16(2)8-9-22-21-23-14-17(15-24-21)20(27)26-12-10-25(11-13-26)18-6-4-5-7-19(18)28-3/h4-7,14-16H,8-13H2,1-3H3,(H,22,23,24). The number of nitrogens with zero attached hydrogens (tertiary/aromatic N) is 4. The van der Waals surface area contributed by atoms with Gasteiger partial charge in [0.05, 0.1) is 18.4 Å². The van der Waals surface area contributed by atoms with Crippen molar-refractivity contribution in [3.8, 4) is 5.75 Å². The molecule has 1 fully saturated rings. The minimum atomic E-state index is -0.0200. The fourth-order valence-corrected chi connectivity index (χ4v) is 3.23. The summed E-state index contributed by atoms with van der Waals surface area (Å²) in [5, 5.41) is 3.19. The Hall–Kier alpha value is -2.83. The molecule has 1 amide bonds. The highest BCUT2D eigenvalue weighted by Gasteiger charge is 2.24. The van der Waals surface area contributed by atoms with Crippen LogP contribution in [-0.2, 0) is 0 Å². The fraction of sp³-hybridized carbons (Fsp3) is 0.476. The van der Waals surface area contributed by atoms with Gasteiger partial charge in [0.25, 0.3) is 5.91 Å². The molecular weight excluding hydrogens is 354 g/mol. The molecule has 2 aromatic rings. The van der Waals surface area contributed by atoms with Crippen LogP contribution in [0.3, 0.4) is 0 Å². The summed E-state index contributed by atoms with van der Waals surface area (Å²) in [5.74, 6) is 2.03. The molecule has 0 atom stereocenters. The summed E-state index contributed by atoms with van der Waals surface area (Å²) >= 11 is 0. The Labute approximate surface area is 166 Å². The predicted octanol–water partition coefficient (Wildman–Crippen LogP) is 2.91. The van der Waals surface area contributed by atoms with E-state index in [2.05, 4.69) is 40.1 Å². The van der Waals surface area contributed by atoms with Crippen LogP contribution in [0.5, 0.6) is 5.75 Å². The maximum absolute atomic E-state index is 12.8. The number of amides is 1. The number of carbonyl (C=O) groups excluding carboxylic acids is 1. The topological polar surface area (TPSA) is 70.6 Å². The first-order chi connectivity index (χ1) is 13.6. The highest BCUT2D eigenvalue weighted by atomic mass is 16.5. The Balaban J connectivity index is 1.55. The molecule has 7 heteroatoms. The van der Waals surface area contributed by atoms with Crippen molar-refractivity contribution in [3.05, 3.63) is 42.2 Å². The van der Waals surface area contributed by atoms with Gasteiger partial charge in [-0.15, -0.1) is 0 Å². The van der Waals surface area contributed by atoms with Crippen molar-refractivity contribution in [2.75, 3.05) is 50.1 Å². The average molecular weight is 383 g/mol. The van der Waals surface area contributed by atoms with Crippen LogP contribution in [0.1, 0.15) is 30.6 Å². The second-order valence-corrected chi connectivity index (χ2v) is 7.36. The largest absolute Gasteiger partial charge is 0.495 e. The highest BCUT2D eigenvalue weighted by Crippen LogP contribution is 2.28. The van der Waals surface area contributed by atoms with Gasteiger partial charge < -0.3 is 19.9 Å². The van der Waals surface area contributed by atoms with Crippen LogP contribution >= 0.6 is 0 Å². The van der Waals surface area contributed by atoms with Crippen molar-refractivity contribution >= 4 is 17.5 Å². The Bertz CT molecular complexity index is 771. The van der Waals surface area contributed by atoms with Crippen LogP contribution in [0.2, 0.25) is 0 Å². The van der Waals surface area contributed by atoms with Gasteiger partial charge in [-0.05, 0) is 24.5 Å².